The molecule has 0 saturated carbocycles. The molecule has 0 amide bonds. The lowest BCUT2D eigenvalue weighted by molar-refractivity contribution is 1.04. The van der Waals surface area contributed by atoms with Gasteiger partial charge in [-0.05, 0) is 30.3 Å². The summed E-state index contributed by atoms with van der Waals surface area (Å²) >= 11 is 12.5. The van der Waals surface area contributed by atoms with Gasteiger partial charge in [0.25, 0.3) is 5.56 Å². The van der Waals surface area contributed by atoms with Gasteiger partial charge in [-0.1, -0.05) is 71.7 Å². The number of benzene rings is 3. The van der Waals surface area contributed by atoms with Crippen LogP contribution in [0.2, 0.25) is 10.0 Å². The maximum Gasteiger partial charge on any atom is 0.265 e. The summed E-state index contributed by atoms with van der Waals surface area (Å²) in [5.74, 6) is 0.554. The summed E-state index contributed by atoms with van der Waals surface area (Å²) in [4.78, 5) is 17.8. The van der Waals surface area contributed by atoms with Gasteiger partial charge in [0.05, 0.1) is 10.9 Å². The molecule has 1 aromatic heterocycles. The van der Waals surface area contributed by atoms with E-state index >= 15 is 0 Å². The average Bonchev–Trinajstić information content (AvgIpc) is 2.69. The van der Waals surface area contributed by atoms with Gasteiger partial charge in [-0.3, -0.25) is 9.36 Å². The molecular formula is C22H14Cl2N2O. The first-order valence-electron chi connectivity index (χ1n) is 8.34. The highest BCUT2D eigenvalue weighted by Gasteiger charge is 2.11. The second-order valence-electron chi connectivity index (χ2n) is 5.94. The molecule has 3 nitrogen and oxygen atoms in total. The predicted molar refractivity (Wildman–Crippen MR) is 113 cm³/mol. The largest absolute Gasteiger partial charge is 0.268 e. The molecule has 0 aliphatic rings. The molecule has 0 N–H and O–H groups in total. The molecule has 0 atom stereocenters. The van der Waals surface area contributed by atoms with Crippen LogP contribution in [0.4, 0.5) is 0 Å². The molecule has 4 rings (SSSR count). The van der Waals surface area contributed by atoms with Crippen molar-refractivity contribution in [3.05, 3.63) is 98.8 Å². The fourth-order valence-corrected chi connectivity index (χ4v) is 3.42. The van der Waals surface area contributed by atoms with Gasteiger partial charge in [-0.15, -0.1) is 0 Å². The third-order valence-corrected chi connectivity index (χ3v) is 4.89. The lowest BCUT2D eigenvalue weighted by atomic mass is 10.1. The zero-order valence-corrected chi connectivity index (χ0v) is 15.7. The van der Waals surface area contributed by atoms with Crippen molar-refractivity contribution in [1.82, 2.24) is 9.55 Å². The highest BCUT2D eigenvalue weighted by atomic mass is 35.5. The zero-order chi connectivity index (χ0) is 18.8. The van der Waals surface area contributed by atoms with E-state index < -0.39 is 0 Å². The van der Waals surface area contributed by atoms with Crippen molar-refractivity contribution in [2.45, 2.75) is 0 Å². The molecule has 0 bridgehead atoms. The lowest BCUT2D eigenvalue weighted by Gasteiger charge is -2.10. The van der Waals surface area contributed by atoms with Crippen LogP contribution in [-0.4, -0.2) is 9.55 Å². The molecule has 0 radical (unpaired) electrons. The van der Waals surface area contributed by atoms with Crippen molar-refractivity contribution in [1.29, 1.82) is 0 Å². The van der Waals surface area contributed by atoms with Crippen LogP contribution in [0.5, 0.6) is 0 Å². The van der Waals surface area contributed by atoms with Gasteiger partial charge in [0.2, 0.25) is 0 Å². The van der Waals surface area contributed by atoms with E-state index in [1.807, 2.05) is 48.5 Å². The van der Waals surface area contributed by atoms with Crippen LogP contribution in [0.25, 0.3) is 34.6 Å². The third kappa shape index (κ3) is 3.39. The maximum atomic E-state index is 13.1. The molecule has 4 aromatic rings. The molecule has 0 saturated heterocycles. The number of halogens is 2. The summed E-state index contributed by atoms with van der Waals surface area (Å²) in [6.45, 7) is 0. The molecule has 27 heavy (non-hydrogen) atoms. The quantitative estimate of drug-likeness (QED) is 0.428. The van der Waals surface area contributed by atoms with Crippen molar-refractivity contribution < 1.29 is 0 Å². The minimum Gasteiger partial charge on any atom is -0.268 e. The zero-order valence-electron chi connectivity index (χ0n) is 14.1. The van der Waals surface area contributed by atoms with E-state index in [2.05, 4.69) is 0 Å². The molecule has 0 fully saturated rings. The number of rotatable bonds is 3. The second-order valence-corrected chi connectivity index (χ2v) is 6.76. The Kier molecular flexibility index (Phi) is 4.80. The minimum atomic E-state index is -0.154. The number of aromatic nitrogens is 2. The molecule has 0 aliphatic carbocycles. The minimum absolute atomic E-state index is 0.154. The summed E-state index contributed by atoms with van der Waals surface area (Å²) in [6.07, 6.45) is 3.39. The van der Waals surface area contributed by atoms with Crippen molar-refractivity contribution in [2.75, 3.05) is 0 Å². The smallest absolute Gasteiger partial charge is 0.265 e. The molecule has 5 heteroatoms. The molecule has 132 valence electrons. The Morgan fingerprint density at radius 3 is 2.22 bits per heavy atom. The van der Waals surface area contributed by atoms with Gasteiger partial charge < -0.3 is 0 Å². The van der Waals surface area contributed by atoms with Crippen LogP contribution < -0.4 is 5.56 Å². The van der Waals surface area contributed by atoms with E-state index in [4.69, 9.17) is 28.2 Å². The monoisotopic (exact) mass is 392 g/mol. The first-order chi connectivity index (χ1) is 13.1. The summed E-state index contributed by atoms with van der Waals surface area (Å²) < 4.78 is 1.53. The Morgan fingerprint density at radius 2 is 1.48 bits per heavy atom. The number of hydrogen-bond acceptors (Lipinski definition) is 2. The van der Waals surface area contributed by atoms with Crippen molar-refractivity contribution >= 4 is 46.4 Å². The number of nitrogens with zero attached hydrogens (tertiary/aromatic N) is 2. The highest BCUT2D eigenvalue weighted by molar-refractivity contribution is 6.37. The van der Waals surface area contributed by atoms with Gasteiger partial charge in [0.1, 0.15) is 5.82 Å². The summed E-state index contributed by atoms with van der Waals surface area (Å²) in [5.41, 5.74) is 2.00. The van der Waals surface area contributed by atoms with Crippen molar-refractivity contribution in [2.24, 2.45) is 0 Å². The Balaban J connectivity index is 1.97. The Labute approximate surface area is 166 Å². The Hall–Kier alpha value is -2.88. The SMILES string of the molecule is O=c1c2ccccc2nc(-c2ccccc2)n1/C=C/c1c(Cl)cccc1Cl. The number of para-hydroxylation sites is 1. The molecule has 0 aliphatic heterocycles. The van der Waals surface area contributed by atoms with Gasteiger partial charge >= 0.3 is 0 Å². The van der Waals surface area contributed by atoms with Crippen molar-refractivity contribution in [3.8, 4) is 11.4 Å². The number of fused-ring (bicyclic) bond motifs is 1. The Morgan fingerprint density at radius 1 is 0.815 bits per heavy atom. The van der Waals surface area contributed by atoms with Crippen LogP contribution in [-0.2, 0) is 0 Å². The van der Waals surface area contributed by atoms with E-state index in [1.165, 1.54) is 4.57 Å². The topological polar surface area (TPSA) is 34.9 Å². The highest BCUT2D eigenvalue weighted by Crippen LogP contribution is 2.26. The van der Waals surface area contributed by atoms with Crippen molar-refractivity contribution in [3.63, 3.8) is 0 Å². The maximum absolute atomic E-state index is 13.1. The normalized spacial score (nSPS) is 11.3. The molecular weight excluding hydrogens is 379 g/mol. The second kappa shape index (κ2) is 7.39. The predicted octanol–water partition coefficient (Wildman–Crippen LogP) is 6.00. The van der Waals surface area contributed by atoms with E-state index in [1.54, 1.807) is 36.5 Å². The van der Waals surface area contributed by atoms with Crippen LogP contribution in [0.3, 0.4) is 0 Å². The standard InChI is InChI=1S/C22H14Cl2N2O/c23-18-10-6-11-19(24)16(18)13-14-26-21(15-7-2-1-3-8-15)25-20-12-5-4-9-17(20)22(26)27/h1-14H/b14-13+. The fraction of sp³-hybridized carbons (Fsp3) is 0. The van der Waals surface area contributed by atoms with E-state index in [0.29, 0.717) is 32.3 Å². The van der Waals surface area contributed by atoms with Crippen LogP contribution in [0.15, 0.2) is 77.6 Å². The van der Waals surface area contributed by atoms with E-state index in [9.17, 15) is 4.79 Å². The first-order valence-corrected chi connectivity index (χ1v) is 9.09. The molecule has 1 heterocycles. The Bertz CT molecular complexity index is 1190. The number of hydrogen-bond donors (Lipinski definition) is 0. The lowest BCUT2D eigenvalue weighted by Crippen LogP contribution is -2.19. The molecule has 3 aromatic carbocycles. The third-order valence-electron chi connectivity index (χ3n) is 4.23. The van der Waals surface area contributed by atoms with Crippen LogP contribution in [0, 0.1) is 0 Å². The molecule has 0 unspecified atom stereocenters. The van der Waals surface area contributed by atoms with Crippen LogP contribution in [0.1, 0.15) is 5.56 Å². The van der Waals surface area contributed by atoms with Gasteiger partial charge in [0, 0.05) is 27.4 Å². The summed E-state index contributed by atoms with van der Waals surface area (Å²) in [6, 6.07) is 22.2. The molecule has 0 spiro atoms. The first kappa shape index (κ1) is 17.5. The van der Waals surface area contributed by atoms with E-state index in [-0.39, 0.29) is 5.56 Å². The fourth-order valence-electron chi connectivity index (χ4n) is 2.89. The van der Waals surface area contributed by atoms with Gasteiger partial charge in [-0.25, -0.2) is 4.98 Å². The summed E-state index contributed by atoms with van der Waals surface area (Å²) in [7, 11) is 0. The van der Waals surface area contributed by atoms with Gasteiger partial charge in [0.15, 0.2) is 0 Å². The summed E-state index contributed by atoms with van der Waals surface area (Å²) in [5, 5.41) is 1.58. The van der Waals surface area contributed by atoms with Gasteiger partial charge in [-0.2, -0.15) is 0 Å². The van der Waals surface area contributed by atoms with Crippen LogP contribution >= 0.6 is 23.2 Å². The average molecular weight is 393 g/mol. The van der Waals surface area contributed by atoms with E-state index in [0.717, 1.165) is 5.56 Å².